The molecule has 0 aromatic heterocycles. The third-order valence-electron chi connectivity index (χ3n) is 2.53. The zero-order chi connectivity index (χ0) is 10.4. The Morgan fingerprint density at radius 1 is 1.43 bits per heavy atom. The molecule has 3 heteroatoms. The number of ether oxygens (including phenoxy) is 1. The highest BCUT2D eigenvalue weighted by atomic mass is 31.2. The van der Waals surface area contributed by atoms with Crippen molar-refractivity contribution in [3.63, 3.8) is 0 Å². The van der Waals surface area contributed by atoms with Crippen LogP contribution < -0.4 is 0 Å². The fourth-order valence-electron chi connectivity index (χ4n) is 1.55. The minimum atomic E-state index is -2.01. The molecule has 0 spiro atoms. The molecule has 0 aromatic rings. The standard InChI is InChI=1S/C11H21O2P/c1-3-4-9-14(2,12)10-13-11-7-5-6-8-11/h5-6,11H,3-4,7-10H2,1-2H3. The predicted molar refractivity (Wildman–Crippen MR) is 61.4 cm³/mol. The molecule has 1 atom stereocenters. The van der Waals surface area contributed by atoms with E-state index in [0.29, 0.717) is 12.5 Å². The quantitative estimate of drug-likeness (QED) is 0.502. The summed E-state index contributed by atoms with van der Waals surface area (Å²) in [5.41, 5.74) is 0. The van der Waals surface area contributed by atoms with E-state index < -0.39 is 7.14 Å². The lowest BCUT2D eigenvalue weighted by Gasteiger charge is -2.16. The highest BCUT2D eigenvalue weighted by molar-refractivity contribution is 7.62. The summed E-state index contributed by atoms with van der Waals surface area (Å²) in [6.45, 7) is 3.99. The molecular weight excluding hydrogens is 195 g/mol. The Bertz CT molecular complexity index is 227. The number of unbranched alkanes of at least 4 members (excludes halogenated alkanes) is 1. The van der Waals surface area contributed by atoms with Crippen LogP contribution in [0.2, 0.25) is 0 Å². The molecule has 2 nitrogen and oxygen atoms in total. The van der Waals surface area contributed by atoms with Crippen molar-refractivity contribution in [3.8, 4) is 0 Å². The third kappa shape index (κ3) is 4.43. The second kappa shape index (κ2) is 5.72. The highest BCUT2D eigenvalue weighted by Gasteiger charge is 2.18. The van der Waals surface area contributed by atoms with Crippen molar-refractivity contribution in [3.05, 3.63) is 12.2 Å². The van der Waals surface area contributed by atoms with Gasteiger partial charge in [0, 0.05) is 6.16 Å². The molecular formula is C11H21O2P. The Hall–Kier alpha value is -0.0700. The molecule has 0 aromatic carbocycles. The summed E-state index contributed by atoms with van der Waals surface area (Å²) in [6.07, 6.45) is 10.0. The molecule has 14 heavy (non-hydrogen) atoms. The highest BCUT2D eigenvalue weighted by Crippen LogP contribution is 2.42. The first-order valence-corrected chi connectivity index (χ1v) is 7.98. The van der Waals surface area contributed by atoms with Crippen molar-refractivity contribution in [2.75, 3.05) is 19.2 Å². The SMILES string of the molecule is CCCCP(C)(=O)COC1CC=CC1. The van der Waals surface area contributed by atoms with E-state index in [1.807, 2.05) is 6.66 Å². The number of rotatable bonds is 6. The van der Waals surface area contributed by atoms with Crippen LogP contribution in [0.4, 0.5) is 0 Å². The van der Waals surface area contributed by atoms with Crippen molar-refractivity contribution in [2.24, 2.45) is 0 Å². The Labute approximate surface area is 87.1 Å². The summed E-state index contributed by atoms with van der Waals surface area (Å²) in [5, 5.41) is 0. The molecule has 82 valence electrons. The van der Waals surface area contributed by atoms with Gasteiger partial charge in [0.25, 0.3) is 0 Å². The smallest absolute Gasteiger partial charge is 0.109 e. The second-order valence-corrected chi connectivity index (χ2v) is 7.53. The summed E-state index contributed by atoms with van der Waals surface area (Å²) in [4.78, 5) is 0. The molecule has 0 radical (unpaired) electrons. The topological polar surface area (TPSA) is 26.3 Å². The molecule has 0 saturated carbocycles. The first-order valence-electron chi connectivity index (χ1n) is 5.46. The van der Waals surface area contributed by atoms with E-state index in [1.165, 1.54) is 0 Å². The van der Waals surface area contributed by atoms with Gasteiger partial charge in [-0.3, -0.25) is 0 Å². The van der Waals surface area contributed by atoms with Gasteiger partial charge in [0.2, 0.25) is 0 Å². The summed E-state index contributed by atoms with van der Waals surface area (Å²) < 4.78 is 17.6. The van der Waals surface area contributed by atoms with E-state index in [0.717, 1.165) is 31.8 Å². The Morgan fingerprint density at radius 3 is 2.64 bits per heavy atom. The van der Waals surface area contributed by atoms with Crippen molar-refractivity contribution in [2.45, 2.75) is 38.7 Å². The summed E-state index contributed by atoms with van der Waals surface area (Å²) >= 11 is 0. The lowest BCUT2D eigenvalue weighted by atomic mass is 10.3. The Kier molecular flexibility index (Phi) is 4.91. The fraction of sp³-hybridized carbons (Fsp3) is 0.818. The first-order chi connectivity index (χ1) is 6.64. The maximum absolute atomic E-state index is 12.0. The number of hydrogen-bond acceptors (Lipinski definition) is 2. The van der Waals surface area contributed by atoms with Crippen molar-refractivity contribution in [1.82, 2.24) is 0 Å². The van der Waals surface area contributed by atoms with Crippen LogP contribution in [0.1, 0.15) is 32.6 Å². The maximum atomic E-state index is 12.0. The molecule has 0 fully saturated rings. The molecule has 0 N–H and O–H groups in total. The van der Waals surface area contributed by atoms with E-state index in [-0.39, 0.29) is 0 Å². The van der Waals surface area contributed by atoms with Crippen LogP contribution in [0.15, 0.2) is 12.2 Å². The van der Waals surface area contributed by atoms with Gasteiger partial charge >= 0.3 is 0 Å². The summed E-state index contributed by atoms with van der Waals surface area (Å²) in [5.74, 6) is 0. The van der Waals surface area contributed by atoms with Gasteiger partial charge in [-0.05, 0) is 25.9 Å². The lowest BCUT2D eigenvalue weighted by molar-refractivity contribution is 0.0958. The van der Waals surface area contributed by atoms with Crippen molar-refractivity contribution in [1.29, 1.82) is 0 Å². The molecule has 0 aliphatic heterocycles. The van der Waals surface area contributed by atoms with Gasteiger partial charge in [0.1, 0.15) is 7.14 Å². The largest absolute Gasteiger partial charge is 0.370 e. The van der Waals surface area contributed by atoms with Gasteiger partial charge in [0.15, 0.2) is 0 Å². The van der Waals surface area contributed by atoms with Crippen LogP contribution in [-0.4, -0.2) is 25.3 Å². The van der Waals surface area contributed by atoms with Crippen molar-refractivity contribution < 1.29 is 9.30 Å². The summed E-state index contributed by atoms with van der Waals surface area (Å²) in [7, 11) is -2.01. The zero-order valence-corrected chi connectivity index (χ0v) is 10.1. The van der Waals surface area contributed by atoms with E-state index in [4.69, 9.17) is 4.74 Å². The number of hydrogen-bond donors (Lipinski definition) is 0. The molecule has 1 aliphatic carbocycles. The predicted octanol–water partition coefficient (Wildman–Crippen LogP) is 3.47. The maximum Gasteiger partial charge on any atom is 0.109 e. The van der Waals surface area contributed by atoms with Crippen LogP contribution >= 0.6 is 7.14 Å². The molecule has 1 unspecified atom stereocenters. The van der Waals surface area contributed by atoms with Gasteiger partial charge in [-0.2, -0.15) is 0 Å². The molecule has 1 rings (SSSR count). The van der Waals surface area contributed by atoms with Crippen LogP contribution in [0.5, 0.6) is 0 Å². The van der Waals surface area contributed by atoms with Gasteiger partial charge in [0.05, 0.1) is 12.5 Å². The van der Waals surface area contributed by atoms with E-state index >= 15 is 0 Å². The third-order valence-corrected chi connectivity index (χ3v) is 4.49. The monoisotopic (exact) mass is 216 g/mol. The molecule has 0 amide bonds. The van der Waals surface area contributed by atoms with Gasteiger partial charge in [-0.1, -0.05) is 25.5 Å². The van der Waals surface area contributed by atoms with Crippen LogP contribution in [0.3, 0.4) is 0 Å². The van der Waals surface area contributed by atoms with Crippen molar-refractivity contribution >= 4 is 7.14 Å². The van der Waals surface area contributed by atoms with E-state index in [9.17, 15) is 4.57 Å². The summed E-state index contributed by atoms with van der Waals surface area (Å²) in [6, 6.07) is 0. The molecule has 0 saturated heterocycles. The average molecular weight is 216 g/mol. The second-order valence-electron chi connectivity index (χ2n) is 4.23. The van der Waals surface area contributed by atoms with E-state index in [2.05, 4.69) is 19.1 Å². The Morgan fingerprint density at radius 2 is 2.07 bits per heavy atom. The normalized spacial score (nSPS) is 21.3. The lowest BCUT2D eigenvalue weighted by Crippen LogP contribution is -2.10. The van der Waals surface area contributed by atoms with E-state index in [1.54, 1.807) is 0 Å². The van der Waals surface area contributed by atoms with Gasteiger partial charge in [-0.15, -0.1) is 0 Å². The molecule has 1 aliphatic rings. The Balaban J connectivity index is 2.18. The first kappa shape index (κ1) is 12.0. The van der Waals surface area contributed by atoms with Gasteiger partial charge in [-0.25, -0.2) is 0 Å². The fourth-order valence-corrected chi connectivity index (χ4v) is 3.19. The minimum absolute atomic E-state index is 0.296. The average Bonchev–Trinajstić information content (AvgIpc) is 2.64. The molecule has 0 heterocycles. The van der Waals surface area contributed by atoms with Gasteiger partial charge < -0.3 is 9.30 Å². The minimum Gasteiger partial charge on any atom is -0.370 e. The zero-order valence-electron chi connectivity index (χ0n) is 9.24. The molecule has 0 bridgehead atoms. The van der Waals surface area contributed by atoms with Crippen LogP contribution in [-0.2, 0) is 9.30 Å². The van der Waals surface area contributed by atoms with Crippen LogP contribution in [0.25, 0.3) is 0 Å². The van der Waals surface area contributed by atoms with Crippen LogP contribution in [0, 0.1) is 0 Å².